The summed E-state index contributed by atoms with van der Waals surface area (Å²) >= 11 is 2.06. The van der Waals surface area contributed by atoms with Crippen LogP contribution in [0.4, 0.5) is 0 Å². The van der Waals surface area contributed by atoms with Gasteiger partial charge in [-0.05, 0) is 23.8 Å². The van der Waals surface area contributed by atoms with Crippen LogP contribution in [0.15, 0.2) is 10.5 Å². The summed E-state index contributed by atoms with van der Waals surface area (Å²) < 4.78 is 5.72. The Morgan fingerprint density at radius 1 is 1.62 bits per heavy atom. The van der Waals surface area contributed by atoms with Crippen LogP contribution in [-0.2, 0) is 4.74 Å². The van der Waals surface area contributed by atoms with E-state index >= 15 is 0 Å². The van der Waals surface area contributed by atoms with Gasteiger partial charge >= 0.3 is 0 Å². The number of hydrogen-bond donors (Lipinski definition) is 0. The van der Waals surface area contributed by atoms with Crippen molar-refractivity contribution in [3.8, 4) is 0 Å². The minimum atomic E-state index is 0.365. The molecule has 13 heavy (non-hydrogen) atoms. The maximum Gasteiger partial charge on any atom is 0.0773 e. The molecule has 0 fully saturated rings. The van der Waals surface area contributed by atoms with Crippen LogP contribution < -0.4 is 0 Å². The van der Waals surface area contributed by atoms with E-state index in [1.54, 1.807) is 10.5 Å². The quantitative estimate of drug-likeness (QED) is 0.640. The molecule has 1 nitrogen and oxygen atoms in total. The fraction of sp³-hybridized carbons (Fsp3) is 0.818. The van der Waals surface area contributed by atoms with Crippen molar-refractivity contribution in [2.75, 3.05) is 12.4 Å². The van der Waals surface area contributed by atoms with E-state index in [4.69, 9.17) is 4.74 Å². The van der Waals surface area contributed by atoms with Gasteiger partial charge in [0.15, 0.2) is 0 Å². The lowest BCUT2D eigenvalue weighted by Gasteiger charge is -2.32. The summed E-state index contributed by atoms with van der Waals surface area (Å²) in [5.74, 6) is 1.27. The van der Waals surface area contributed by atoms with Crippen molar-refractivity contribution in [1.29, 1.82) is 0 Å². The lowest BCUT2D eigenvalue weighted by molar-refractivity contribution is 0.0679. The molecule has 0 N–H and O–H groups in total. The number of ether oxygens (including phenoxy) is 1. The average molecular weight is 198 g/mol. The van der Waals surface area contributed by atoms with Crippen molar-refractivity contribution < 1.29 is 4.74 Å². The average Bonchev–Trinajstić information content (AvgIpc) is 2.47. The third-order valence-electron chi connectivity index (χ3n) is 3.40. The zero-order valence-corrected chi connectivity index (χ0v) is 9.54. The van der Waals surface area contributed by atoms with Gasteiger partial charge in [0.2, 0.25) is 0 Å². The van der Waals surface area contributed by atoms with Gasteiger partial charge in [-0.25, -0.2) is 0 Å². The molecule has 2 aliphatic rings. The van der Waals surface area contributed by atoms with E-state index in [2.05, 4.69) is 32.5 Å². The van der Waals surface area contributed by atoms with Gasteiger partial charge in [-0.15, -0.1) is 11.8 Å². The molecule has 0 bridgehead atoms. The topological polar surface area (TPSA) is 9.23 Å². The van der Waals surface area contributed by atoms with E-state index < -0.39 is 0 Å². The second-order valence-electron chi connectivity index (χ2n) is 4.30. The van der Waals surface area contributed by atoms with Gasteiger partial charge in [-0.1, -0.05) is 13.8 Å². The molecule has 0 aliphatic carbocycles. The third-order valence-corrected chi connectivity index (χ3v) is 4.95. The molecule has 0 radical (unpaired) electrons. The summed E-state index contributed by atoms with van der Waals surface area (Å²) in [6.45, 7) is 7.80. The molecule has 0 saturated heterocycles. The van der Waals surface area contributed by atoms with Crippen LogP contribution in [0.25, 0.3) is 0 Å². The molecular weight excluding hydrogens is 180 g/mol. The summed E-state index contributed by atoms with van der Waals surface area (Å²) in [5, 5.41) is 0. The summed E-state index contributed by atoms with van der Waals surface area (Å²) in [5.41, 5.74) is 2.02. The number of thioether (sulfide) groups is 1. The molecule has 74 valence electrons. The number of rotatable bonds is 1. The molecule has 1 unspecified atom stereocenters. The Hall–Kier alpha value is 0.0500. The Morgan fingerprint density at radius 2 is 2.38 bits per heavy atom. The predicted molar refractivity (Wildman–Crippen MR) is 57.9 cm³/mol. The summed E-state index contributed by atoms with van der Waals surface area (Å²) in [4.78, 5) is 1.63. The van der Waals surface area contributed by atoms with Crippen LogP contribution in [0.5, 0.6) is 0 Å². The minimum Gasteiger partial charge on any atom is -0.374 e. The second kappa shape index (κ2) is 3.32. The van der Waals surface area contributed by atoms with Crippen molar-refractivity contribution in [2.45, 2.75) is 39.7 Å². The van der Waals surface area contributed by atoms with Crippen molar-refractivity contribution in [3.05, 3.63) is 10.5 Å². The van der Waals surface area contributed by atoms with Crippen LogP contribution in [0.1, 0.15) is 33.6 Å². The standard InChI is InChI=1S/C11H18OS/c1-4-11(3)7-13-9-5-6-12-8(2)10(9)11/h8H,4-7H2,1-3H3/t8-,11?/m1/s1. The van der Waals surface area contributed by atoms with Gasteiger partial charge in [-0.3, -0.25) is 0 Å². The molecule has 2 heteroatoms. The Bertz CT molecular complexity index is 246. The first-order valence-electron chi connectivity index (χ1n) is 5.15. The van der Waals surface area contributed by atoms with Crippen molar-refractivity contribution in [3.63, 3.8) is 0 Å². The van der Waals surface area contributed by atoms with Gasteiger partial charge in [-0.2, -0.15) is 0 Å². The van der Waals surface area contributed by atoms with E-state index in [0.717, 1.165) is 13.0 Å². The normalized spacial score (nSPS) is 39.5. The van der Waals surface area contributed by atoms with Crippen molar-refractivity contribution in [2.24, 2.45) is 5.41 Å². The SMILES string of the molecule is CCC1(C)CSC2=C1[C@@H](C)OCC2. The highest BCUT2D eigenvalue weighted by Crippen LogP contribution is 2.51. The predicted octanol–water partition coefficient (Wildman–Crippen LogP) is 3.21. The Kier molecular flexibility index (Phi) is 2.45. The van der Waals surface area contributed by atoms with Crippen molar-refractivity contribution in [1.82, 2.24) is 0 Å². The van der Waals surface area contributed by atoms with E-state index in [1.807, 2.05) is 0 Å². The molecule has 2 aliphatic heterocycles. The van der Waals surface area contributed by atoms with Gasteiger partial charge in [0, 0.05) is 17.6 Å². The summed E-state index contributed by atoms with van der Waals surface area (Å²) in [7, 11) is 0. The van der Waals surface area contributed by atoms with E-state index in [1.165, 1.54) is 12.2 Å². The Balaban J connectivity index is 2.33. The molecule has 0 aromatic heterocycles. The Morgan fingerprint density at radius 3 is 3.08 bits per heavy atom. The summed E-state index contributed by atoms with van der Waals surface area (Å²) in [6, 6.07) is 0. The molecule has 2 heterocycles. The summed E-state index contributed by atoms with van der Waals surface area (Å²) in [6.07, 6.45) is 2.76. The highest BCUT2D eigenvalue weighted by molar-refractivity contribution is 8.03. The van der Waals surface area contributed by atoms with Crippen LogP contribution in [0.3, 0.4) is 0 Å². The lowest BCUT2D eigenvalue weighted by Crippen LogP contribution is -2.29. The lowest BCUT2D eigenvalue weighted by atomic mass is 9.78. The molecule has 2 atom stereocenters. The molecule has 2 rings (SSSR count). The first-order chi connectivity index (χ1) is 6.17. The molecule has 0 saturated carbocycles. The van der Waals surface area contributed by atoms with Crippen LogP contribution in [0.2, 0.25) is 0 Å². The van der Waals surface area contributed by atoms with Crippen molar-refractivity contribution >= 4 is 11.8 Å². The first-order valence-corrected chi connectivity index (χ1v) is 6.14. The van der Waals surface area contributed by atoms with Gasteiger partial charge in [0.25, 0.3) is 0 Å². The fourth-order valence-corrected chi connectivity index (χ4v) is 4.01. The maximum absolute atomic E-state index is 5.72. The smallest absolute Gasteiger partial charge is 0.0773 e. The minimum absolute atomic E-state index is 0.365. The van der Waals surface area contributed by atoms with Gasteiger partial charge < -0.3 is 4.74 Å². The zero-order chi connectivity index (χ0) is 9.47. The zero-order valence-electron chi connectivity index (χ0n) is 8.72. The fourth-order valence-electron chi connectivity index (χ4n) is 2.37. The van der Waals surface area contributed by atoms with Crippen LogP contribution in [-0.4, -0.2) is 18.5 Å². The van der Waals surface area contributed by atoms with Gasteiger partial charge in [0.05, 0.1) is 12.7 Å². The molecule has 0 aromatic carbocycles. The molecule has 0 spiro atoms. The van der Waals surface area contributed by atoms with E-state index in [9.17, 15) is 0 Å². The van der Waals surface area contributed by atoms with E-state index in [-0.39, 0.29) is 0 Å². The van der Waals surface area contributed by atoms with Crippen LogP contribution >= 0.6 is 11.8 Å². The second-order valence-corrected chi connectivity index (χ2v) is 5.37. The van der Waals surface area contributed by atoms with E-state index in [0.29, 0.717) is 11.5 Å². The highest BCUT2D eigenvalue weighted by atomic mass is 32.2. The van der Waals surface area contributed by atoms with Gasteiger partial charge in [0.1, 0.15) is 0 Å². The maximum atomic E-state index is 5.72. The Labute approximate surface area is 84.9 Å². The third kappa shape index (κ3) is 1.44. The largest absolute Gasteiger partial charge is 0.374 e. The molecule has 0 amide bonds. The highest BCUT2D eigenvalue weighted by Gasteiger charge is 2.40. The molecule has 0 aromatic rings. The number of hydrogen-bond acceptors (Lipinski definition) is 2. The molecular formula is C11H18OS. The monoisotopic (exact) mass is 198 g/mol. The van der Waals surface area contributed by atoms with Crippen LogP contribution in [0, 0.1) is 5.41 Å². The first kappa shape index (κ1) is 9.60.